The molecule has 0 atom stereocenters. The fourth-order valence-electron chi connectivity index (χ4n) is 1.12. The Morgan fingerprint density at radius 1 is 1.33 bits per heavy atom. The van der Waals surface area contributed by atoms with Crippen molar-refractivity contribution in [2.75, 3.05) is 0 Å². The zero-order chi connectivity index (χ0) is 9.14. The zero-order valence-corrected chi connectivity index (χ0v) is 7.51. The van der Waals surface area contributed by atoms with Crippen molar-refractivity contribution < 1.29 is 0 Å². The first-order valence-electron chi connectivity index (χ1n) is 3.88. The highest BCUT2D eigenvalue weighted by molar-refractivity contribution is 5.23. The highest BCUT2D eigenvalue weighted by Crippen LogP contribution is 1.68. The van der Waals surface area contributed by atoms with Crippen molar-refractivity contribution in [2.45, 2.75) is 20.8 Å². The monoisotopic (exact) mass is 164 g/mol. The van der Waals surface area contributed by atoms with Gasteiger partial charge < -0.3 is 4.98 Å². The molecule has 1 aromatic rings. The van der Waals surface area contributed by atoms with E-state index in [-0.39, 0.29) is 5.56 Å². The molecule has 12 heavy (non-hydrogen) atoms. The molecule has 0 saturated heterocycles. The molecule has 0 radical (unpaired) electrons. The molecule has 3 nitrogen and oxygen atoms in total. The lowest BCUT2D eigenvalue weighted by atomic mass is 10.3. The van der Waals surface area contributed by atoms with Crippen molar-refractivity contribution in [1.82, 2.24) is 9.97 Å². The fourth-order valence-corrected chi connectivity index (χ4v) is 1.12. The smallest absolute Gasteiger partial charge is 0.258 e. The molecule has 0 aromatic carbocycles. The third kappa shape index (κ3) is 1.44. The van der Waals surface area contributed by atoms with Crippen molar-refractivity contribution in [3.63, 3.8) is 0 Å². The molecule has 1 aromatic heterocycles. The second-order valence-electron chi connectivity index (χ2n) is 2.53. The van der Waals surface area contributed by atoms with Gasteiger partial charge in [0.15, 0.2) is 0 Å². The second-order valence-corrected chi connectivity index (χ2v) is 2.53. The van der Waals surface area contributed by atoms with Crippen molar-refractivity contribution in [3.8, 4) is 0 Å². The number of aromatic amines is 1. The summed E-state index contributed by atoms with van der Waals surface area (Å²) in [5, 5.41) is 1.39. The standard InChI is InChI=1S/C9H12N2O/c1-4-7-8(5-2)10-6(3)11-9(7)12/h4-5H,1-3H3,(H,10,11,12). The molecular weight excluding hydrogens is 152 g/mol. The van der Waals surface area contributed by atoms with Crippen LogP contribution in [-0.2, 0) is 0 Å². The third-order valence-corrected chi connectivity index (χ3v) is 1.67. The number of hydrogen-bond acceptors (Lipinski definition) is 2. The molecule has 0 bridgehead atoms. The van der Waals surface area contributed by atoms with Gasteiger partial charge in [0, 0.05) is 0 Å². The van der Waals surface area contributed by atoms with E-state index in [0.29, 0.717) is 11.0 Å². The highest BCUT2D eigenvalue weighted by atomic mass is 16.1. The maximum atomic E-state index is 11.3. The predicted molar refractivity (Wildman–Crippen MR) is 49.1 cm³/mol. The lowest BCUT2D eigenvalue weighted by molar-refractivity contribution is 0.971. The zero-order valence-electron chi connectivity index (χ0n) is 7.51. The van der Waals surface area contributed by atoms with Crippen LogP contribution >= 0.6 is 0 Å². The Kier molecular flexibility index (Phi) is 2.43. The number of aromatic nitrogens is 2. The molecule has 0 unspecified atom stereocenters. The fraction of sp³-hybridized carbons (Fsp3) is 0.333. The first kappa shape index (κ1) is 8.71. The summed E-state index contributed by atoms with van der Waals surface area (Å²) in [6.07, 6.45) is 3.60. The van der Waals surface area contributed by atoms with Crippen LogP contribution in [0, 0.1) is 6.92 Å². The van der Waals surface area contributed by atoms with E-state index in [0.717, 1.165) is 5.35 Å². The molecule has 0 aliphatic rings. The molecule has 3 heteroatoms. The first-order chi connectivity index (χ1) is 5.69. The van der Waals surface area contributed by atoms with E-state index in [1.165, 1.54) is 0 Å². The van der Waals surface area contributed by atoms with E-state index in [4.69, 9.17) is 0 Å². The summed E-state index contributed by atoms with van der Waals surface area (Å²) < 4.78 is 0. The summed E-state index contributed by atoms with van der Waals surface area (Å²) in [7, 11) is 0. The molecule has 1 N–H and O–H groups in total. The van der Waals surface area contributed by atoms with Gasteiger partial charge in [-0.2, -0.15) is 0 Å². The van der Waals surface area contributed by atoms with Crippen LogP contribution in [0.4, 0.5) is 0 Å². The van der Waals surface area contributed by atoms with Gasteiger partial charge in [-0.1, -0.05) is 12.2 Å². The third-order valence-electron chi connectivity index (χ3n) is 1.67. The maximum absolute atomic E-state index is 11.3. The van der Waals surface area contributed by atoms with Crippen LogP contribution in [0.5, 0.6) is 0 Å². The van der Waals surface area contributed by atoms with Gasteiger partial charge in [-0.05, 0) is 20.8 Å². The summed E-state index contributed by atoms with van der Waals surface area (Å²) in [5.41, 5.74) is -0.0712. The van der Waals surface area contributed by atoms with Crippen molar-refractivity contribution in [1.29, 1.82) is 0 Å². The second kappa shape index (κ2) is 3.34. The minimum absolute atomic E-state index is 0.0712. The summed E-state index contributed by atoms with van der Waals surface area (Å²) in [6.45, 7) is 5.47. The molecular formula is C9H12N2O. The lowest BCUT2D eigenvalue weighted by Crippen LogP contribution is -2.43. The van der Waals surface area contributed by atoms with Crippen LogP contribution in [0.2, 0.25) is 0 Å². The summed E-state index contributed by atoms with van der Waals surface area (Å²) in [6, 6.07) is 0. The topological polar surface area (TPSA) is 45.8 Å². The number of aryl methyl sites for hydroxylation is 1. The predicted octanol–water partition coefficient (Wildman–Crippen LogP) is -0.321. The van der Waals surface area contributed by atoms with E-state index in [1.807, 2.05) is 19.9 Å². The van der Waals surface area contributed by atoms with E-state index in [1.54, 1.807) is 13.0 Å². The Morgan fingerprint density at radius 3 is 2.50 bits per heavy atom. The van der Waals surface area contributed by atoms with Crippen molar-refractivity contribution in [3.05, 3.63) is 26.7 Å². The van der Waals surface area contributed by atoms with E-state index in [9.17, 15) is 4.79 Å². The average Bonchev–Trinajstić information content (AvgIpc) is 2.03. The quantitative estimate of drug-likeness (QED) is 0.571. The Labute approximate surface area is 70.5 Å². The van der Waals surface area contributed by atoms with Crippen LogP contribution in [0.3, 0.4) is 0 Å². The summed E-state index contributed by atoms with van der Waals surface area (Å²) in [5.74, 6) is 0.652. The number of H-pyrrole nitrogens is 1. The largest absolute Gasteiger partial charge is 0.310 e. The normalized spacial score (nSPS) is 13.9. The van der Waals surface area contributed by atoms with Crippen molar-refractivity contribution >= 4 is 12.2 Å². The van der Waals surface area contributed by atoms with Crippen LogP contribution in [0.15, 0.2) is 4.79 Å². The Hall–Kier alpha value is -1.38. The molecule has 64 valence electrons. The molecule has 0 saturated carbocycles. The minimum atomic E-state index is -0.0712. The Bertz CT molecular complexity index is 443. The number of nitrogens with one attached hydrogen (secondary N) is 1. The van der Waals surface area contributed by atoms with Crippen LogP contribution in [0.25, 0.3) is 12.2 Å². The first-order valence-corrected chi connectivity index (χ1v) is 3.88. The van der Waals surface area contributed by atoms with Gasteiger partial charge >= 0.3 is 0 Å². The molecule has 1 rings (SSSR count). The Balaban J connectivity index is 3.83. The molecule has 0 amide bonds. The van der Waals surface area contributed by atoms with Gasteiger partial charge in [0.2, 0.25) is 0 Å². The Morgan fingerprint density at radius 2 is 2.00 bits per heavy atom. The van der Waals surface area contributed by atoms with Crippen molar-refractivity contribution in [2.24, 2.45) is 0 Å². The number of hydrogen-bond donors (Lipinski definition) is 1. The van der Waals surface area contributed by atoms with E-state index < -0.39 is 0 Å². The van der Waals surface area contributed by atoms with Crippen LogP contribution in [-0.4, -0.2) is 9.97 Å². The minimum Gasteiger partial charge on any atom is -0.310 e. The van der Waals surface area contributed by atoms with E-state index >= 15 is 0 Å². The van der Waals surface area contributed by atoms with Gasteiger partial charge in [0.05, 0.1) is 10.6 Å². The lowest BCUT2D eigenvalue weighted by Gasteiger charge is -1.91. The SMILES string of the molecule is CC=c1nc(C)[nH]c(=O)c1=CC. The highest BCUT2D eigenvalue weighted by Gasteiger charge is 1.92. The molecule has 0 spiro atoms. The molecule has 1 heterocycles. The van der Waals surface area contributed by atoms with Gasteiger partial charge in [-0.3, -0.25) is 4.79 Å². The van der Waals surface area contributed by atoms with Crippen LogP contribution < -0.4 is 16.1 Å². The van der Waals surface area contributed by atoms with Gasteiger partial charge in [-0.25, -0.2) is 4.98 Å². The maximum Gasteiger partial charge on any atom is 0.258 e. The van der Waals surface area contributed by atoms with Gasteiger partial charge in [0.1, 0.15) is 5.82 Å². The van der Waals surface area contributed by atoms with Crippen LogP contribution in [0.1, 0.15) is 19.7 Å². The average molecular weight is 164 g/mol. The molecule has 0 aliphatic carbocycles. The van der Waals surface area contributed by atoms with E-state index in [2.05, 4.69) is 9.97 Å². The van der Waals surface area contributed by atoms with Gasteiger partial charge in [0.25, 0.3) is 5.56 Å². The summed E-state index contributed by atoms with van der Waals surface area (Å²) >= 11 is 0. The molecule has 0 aliphatic heterocycles. The molecule has 0 fully saturated rings. The number of rotatable bonds is 0. The summed E-state index contributed by atoms with van der Waals surface area (Å²) in [4.78, 5) is 18.1. The van der Waals surface area contributed by atoms with Gasteiger partial charge in [-0.15, -0.1) is 0 Å². The number of nitrogens with zero attached hydrogens (tertiary/aromatic N) is 1.